The fourth-order valence-corrected chi connectivity index (χ4v) is 4.43. The average Bonchev–Trinajstić information content (AvgIpc) is 2.44. The lowest BCUT2D eigenvalue weighted by molar-refractivity contribution is -0.175. The molecule has 2 aliphatic carbocycles. The Morgan fingerprint density at radius 2 is 2.19 bits per heavy atom. The summed E-state index contributed by atoms with van der Waals surface area (Å²) in [6.45, 7) is 3.78. The topological polar surface area (TPSA) is 30.5 Å². The van der Waals surface area contributed by atoms with Gasteiger partial charge < -0.3 is 14.8 Å². The van der Waals surface area contributed by atoms with Crippen LogP contribution in [0.3, 0.4) is 0 Å². The minimum absolute atomic E-state index is 0.434. The first-order chi connectivity index (χ1) is 10.3. The molecule has 1 heterocycles. The molecule has 1 aromatic rings. The molecule has 3 nitrogen and oxygen atoms in total. The monoisotopic (exact) mass is 287 g/mol. The van der Waals surface area contributed by atoms with Crippen LogP contribution in [0.1, 0.15) is 50.6 Å². The van der Waals surface area contributed by atoms with Gasteiger partial charge in [0, 0.05) is 36.1 Å². The molecule has 0 amide bonds. The number of fused-ring (bicyclic) bond motifs is 1. The van der Waals surface area contributed by atoms with Gasteiger partial charge in [-0.1, -0.05) is 24.6 Å². The number of hydrogen-bond acceptors (Lipinski definition) is 3. The van der Waals surface area contributed by atoms with Gasteiger partial charge in [0.05, 0.1) is 12.7 Å². The Morgan fingerprint density at radius 3 is 2.95 bits per heavy atom. The van der Waals surface area contributed by atoms with Crippen molar-refractivity contribution in [1.29, 1.82) is 0 Å². The van der Waals surface area contributed by atoms with E-state index in [0.29, 0.717) is 23.6 Å². The van der Waals surface area contributed by atoms with Gasteiger partial charge >= 0.3 is 0 Å². The fourth-order valence-electron chi connectivity index (χ4n) is 4.43. The van der Waals surface area contributed by atoms with E-state index in [1.54, 1.807) is 0 Å². The van der Waals surface area contributed by atoms with E-state index >= 15 is 0 Å². The molecule has 21 heavy (non-hydrogen) atoms. The third-order valence-electron chi connectivity index (χ3n) is 5.80. The summed E-state index contributed by atoms with van der Waals surface area (Å²) in [5.74, 6) is 1.06. The Kier molecular flexibility index (Phi) is 3.43. The van der Waals surface area contributed by atoms with E-state index in [-0.39, 0.29) is 0 Å². The maximum atomic E-state index is 5.96. The molecule has 0 radical (unpaired) electrons. The van der Waals surface area contributed by atoms with E-state index < -0.39 is 0 Å². The first-order valence-corrected chi connectivity index (χ1v) is 8.43. The Balaban J connectivity index is 1.48. The minimum atomic E-state index is 0.434. The number of rotatable bonds is 4. The number of ether oxygens (including phenoxy) is 2. The normalized spacial score (nSPS) is 32.7. The quantitative estimate of drug-likeness (QED) is 0.920. The van der Waals surface area contributed by atoms with Gasteiger partial charge in [-0.2, -0.15) is 0 Å². The molecular formula is C18H25NO2. The zero-order valence-electron chi connectivity index (χ0n) is 12.8. The highest BCUT2D eigenvalue weighted by atomic mass is 16.5. The number of benzene rings is 1. The predicted molar refractivity (Wildman–Crippen MR) is 82.5 cm³/mol. The van der Waals surface area contributed by atoms with Crippen molar-refractivity contribution < 1.29 is 9.47 Å². The van der Waals surface area contributed by atoms with Crippen molar-refractivity contribution in [3.8, 4) is 5.75 Å². The second-order valence-electron chi connectivity index (χ2n) is 6.71. The molecule has 3 heteroatoms. The van der Waals surface area contributed by atoms with Gasteiger partial charge in [-0.05, 0) is 32.3 Å². The fraction of sp³-hybridized carbons (Fsp3) is 0.667. The molecule has 114 valence electrons. The summed E-state index contributed by atoms with van der Waals surface area (Å²) in [4.78, 5) is 0. The van der Waals surface area contributed by atoms with Crippen molar-refractivity contribution in [2.24, 2.45) is 5.41 Å². The predicted octanol–water partition coefficient (Wildman–Crippen LogP) is 3.45. The van der Waals surface area contributed by atoms with Crippen molar-refractivity contribution >= 4 is 0 Å². The summed E-state index contributed by atoms with van der Waals surface area (Å²) in [5, 5.41) is 3.93. The van der Waals surface area contributed by atoms with Crippen LogP contribution in [0, 0.1) is 5.41 Å². The van der Waals surface area contributed by atoms with Crippen LogP contribution in [-0.2, 0) is 4.74 Å². The summed E-state index contributed by atoms with van der Waals surface area (Å²) in [5.41, 5.74) is 1.77. The molecule has 1 aromatic carbocycles. The Morgan fingerprint density at radius 1 is 1.33 bits per heavy atom. The SMILES string of the molecule is CCOC1CC(NC2CCOc3ccccc32)C12CCC2. The molecule has 2 saturated carbocycles. The van der Waals surface area contributed by atoms with Gasteiger partial charge in [0.15, 0.2) is 0 Å². The minimum Gasteiger partial charge on any atom is -0.493 e. The zero-order chi connectivity index (χ0) is 14.3. The van der Waals surface area contributed by atoms with Crippen molar-refractivity contribution in [3.05, 3.63) is 29.8 Å². The maximum Gasteiger partial charge on any atom is 0.124 e. The van der Waals surface area contributed by atoms with Gasteiger partial charge in [-0.3, -0.25) is 0 Å². The van der Waals surface area contributed by atoms with Crippen molar-refractivity contribution in [2.45, 2.75) is 57.2 Å². The second kappa shape index (κ2) is 5.29. The van der Waals surface area contributed by atoms with E-state index in [9.17, 15) is 0 Å². The largest absolute Gasteiger partial charge is 0.493 e. The number of hydrogen-bond donors (Lipinski definition) is 1. The van der Waals surface area contributed by atoms with E-state index in [1.807, 2.05) is 0 Å². The molecule has 2 fully saturated rings. The van der Waals surface area contributed by atoms with E-state index in [0.717, 1.165) is 25.4 Å². The van der Waals surface area contributed by atoms with Crippen LogP contribution >= 0.6 is 0 Å². The molecular weight excluding hydrogens is 262 g/mol. The molecule has 0 bridgehead atoms. The highest BCUT2D eigenvalue weighted by Gasteiger charge is 2.59. The van der Waals surface area contributed by atoms with Crippen molar-refractivity contribution in [3.63, 3.8) is 0 Å². The molecule has 1 aliphatic heterocycles. The number of nitrogens with one attached hydrogen (secondary N) is 1. The summed E-state index contributed by atoms with van der Waals surface area (Å²) < 4.78 is 11.7. The second-order valence-corrected chi connectivity index (χ2v) is 6.71. The van der Waals surface area contributed by atoms with Gasteiger partial charge in [-0.25, -0.2) is 0 Å². The van der Waals surface area contributed by atoms with Crippen molar-refractivity contribution in [1.82, 2.24) is 5.32 Å². The third-order valence-corrected chi connectivity index (χ3v) is 5.80. The molecule has 3 unspecified atom stereocenters. The summed E-state index contributed by atoms with van der Waals surface area (Å²) >= 11 is 0. The lowest BCUT2D eigenvalue weighted by Gasteiger charge is -2.62. The maximum absolute atomic E-state index is 5.96. The summed E-state index contributed by atoms with van der Waals surface area (Å²) in [6.07, 6.45) is 6.77. The molecule has 0 aromatic heterocycles. The van der Waals surface area contributed by atoms with Gasteiger partial charge in [-0.15, -0.1) is 0 Å². The first-order valence-electron chi connectivity index (χ1n) is 8.43. The molecule has 3 aliphatic rings. The van der Waals surface area contributed by atoms with Crippen LogP contribution in [0.2, 0.25) is 0 Å². The lowest BCUT2D eigenvalue weighted by atomic mass is 9.51. The van der Waals surface area contributed by atoms with Crippen LogP contribution in [0.25, 0.3) is 0 Å². The third kappa shape index (κ3) is 2.09. The number of para-hydroxylation sites is 1. The van der Waals surface area contributed by atoms with E-state index in [1.165, 1.54) is 31.2 Å². The molecule has 4 rings (SSSR count). The Hall–Kier alpha value is -1.06. The van der Waals surface area contributed by atoms with E-state index in [2.05, 4.69) is 36.5 Å². The lowest BCUT2D eigenvalue weighted by Crippen LogP contribution is -2.67. The van der Waals surface area contributed by atoms with Crippen LogP contribution in [-0.4, -0.2) is 25.4 Å². The first kappa shape index (κ1) is 13.6. The smallest absolute Gasteiger partial charge is 0.124 e. The average molecular weight is 287 g/mol. The van der Waals surface area contributed by atoms with Gasteiger partial charge in [0.1, 0.15) is 5.75 Å². The van der Waals surface area contributed by atoms with E-state index in [4.69, 9.17) is 9.47 Å². The van der Waals surface area contributed by atoms with Gasteiger partial charge in [0.2, 0.25) is 0 Å². The van der Waals surface area contributed by atoms with Crippen LogP contribution in [0.4, 0.5) is 0 Å². The Bertz CT molecular complexity index is 512. The standard InChI is InChI=1S/C18H25NO2/c1-2-20-17-12-16(18(17)9-5-10-18)19-14-8-11-21-15-7-4-3-6-13(14)15/h3-4,6-7,14,16-17,19H,2,5,8-12H2,1H3. The van der Waals surface area contributed by atoms with Crippen LogP contribution in [0.5, 0.6) is 5.75 Å². The van der Waals surface area contributed by atoms with Crippen molar-refractivity contribution in [2.75, 3.05) is 13.2 Å². The molecule has 1 N–H and O–H groups in total. The zero-order valence-corrected chi connectivity index (χ0v) is 12.8. The molecule has 1 spiro atoms. The summed E-state index contributed by atoms with van der Waals surface area (Å²) in [7, 11) is 0. The van der Waals surface area contributed by atoms with Crippen LogP contribution < -0.4 is 10.1 Å². The van der Waals surface area contributed by atoms with Gasteiger partial charge in [0.25, 0.3) is 0 Å². The highest BCUT2D eigenvalue weighted by Crippen LogP contribution is 2.58. The molecule has 0 saturated heterocycles. The Labute approximate surface area is 127 Å². The molecule has 3 atom stereocenters. The van der Waals surface area contributed by atoms with Crippen LogP contribution in [0.15, 0.2) is 24.3 Å². The summed E-state index contributed by atoms with van der Waals surface area (Å²) in [6, 6.07) is 9.54. The highest BCUT2D eigenvalue weighted by molar-refractivity contribution is 5.37.